The number of carbonyl (C=O) groups is 2. The van der Waals surface area contributed by atoms with Gasteiger partial charge in [-0.05, 0) is 41.1 Å². The molecule has 2 amide bonds. The van der Waals surface area contributed by atoms with E-state index in [2.05, 4.69) is 26.6 Å². The fourth-order valence-electron chi connectivity index (χ4n) is 0.999. The Labute approximate surface area is 111 Å². The molecule has 17 heavy (non-hydrogen) atoms. The van der Waals surface area contributed by atoms with Gasteiger partial charge in [-0.1, -0.05) is 11.6 Å². The number of hydrogen-bond donors (Lipinski definition) is 3. The number of anilines is 1. The lowest BCUT2D eigenvalue weighted by atomic mass is 10.3. The van der Waals surface area contributed by atoms with E-state index >= 15 is 0 Å². The molecule has 7 heteroatoms. The van der Waals surface area contributed by atoms with Gasteiger partial charge in [0.15, 0.2) is 0 Å². The van der Waals surface area contributed by atoms with Gasteiger partial charge in [0.2, 0.25) is 0 Å². The minimum atomic E-state index is -1.10. The number of halogens is 2. The molecule has 0 unspecified atom stereocenters. The molecule has 0 aromatic heterocycles. The molecule has 92 valence electrons. The van der Waals surface area contributed by atoms with E-state index in [1.54, 1.807) is 18.2 Å². The van der Waals surface area contributed by atoms with Gasteiger partial charge in [-0.25, -0.2) is 4.79 Å². The van der Waals surface area contributed by atoms with Crippen LogP contribution in [-0.4, -0.2) is 23.1 Å². The highest BCUT2D eigenvalue weighted by molar-refractivity contribution is 9.10. The SMILES string of the molecule is C[C@H](NC(=O)Nc1ccc(Br)c(Cl)c1)C(=O)O. The van der Waals surface area contributed by atoms with E-state index < -0.39 is 18.0 Å². The predicted octanol–water partition coefficient (Wildman–Crippen LogP) is 2.70. The fourth-order valence-corrected chi connectivity index (χ4v) is 1.43. The molecule has 5 nitrogen and oxygen atoms in total. The molecular formula is C10H10BrClN2O3. The zero-order valence-electron chi connectivity index (χ0n) is 8.83. The number of nitrogens with one attached hydrogen (secondary N) is 2. The highest BCUT2D eigenvalue weighted by atomic mass is 79.9. The van der Waals surface area contributed by atoms with E-state index in [1.165, 1.54) is 6.92 Å². The van der Waals surface area contributed by atoms with Crippen LogP contribution in [0.2, 0.25) is 5.02 Å². The molecule has 0 radical (unpaired) electrons. The Morgan fingerprint density at radius 1 is 1.47 bits per heavy atom. The van der Waals surface area contributed by atoms with E-state index in [9.17, 15) is 9.59 Å². The molecule has 0 heterocycles. The summed E-state index contributed by atoms with van der Waals surface area (Å²) in [6, 6.07) is 3.31. The minimum absolute atomic E-state index is 0.453. The zero-order valence-corrected chi connectivity index (χ0v) is 11.2. The van der Waals surface area contributed by atoms with Crippen molar-refractivity contribution in [1.29, 1.82) is 0 Å². The monoisotopic (exact) mass is 320 g/mol. The number of carboxylic acid groups (broad SMARTS) is 1. The van der Waals surface area contributed by atoms with Crippen molar-refractivity contribution in [3.63, 3.8) is 0 Å². The van der Waals surface area contributed by atoms with Gasteiger partial charge in [0.1, 0.15) is 6.04 Å². The molecule has 1 aromatic rings. The Kier molecular flexibility index (Phi) is 4.77. The summed E-state index contributed by atoms with van der Waals surface area (Å²) in [6.45, 7) is 1.37. The van der Waals surface area contributed by atoms with Gasteiger partial charge in [-0.2, -0.15) is 0 Å². The second kappa shape index (κ2) is 5.88. The molecule has 0 saturated heterocycles. The van der Waals surface area contributed by atoms with Crippen LogP contribution in [0.1, 0.15) is 6.92 Å². The van der Waals surface area contributed by atoms with Gasteiger partial charge >= 0.3 is 12.0 Å². The molecule has 0 bridgehead atoms. The number of urea groups is 1. The third-order valence-corrected chi connectivity index (χ3v) is 3.13. The molecule has 0 fully saturated rings. The lowest BCUT2D eigenvalue weighted by molar-refractivity contribution is -0.138. The van der Waals surface area contributed by atoms with E-state index in [0.29, 0.717) is 15.2 Å². The minimum Gasteiger partial charge on any atom is -0.480 e. The summed E-state index contributed by atoms with van der Waals surface area (Å²) in [5, 5.41) is 13.8. The number of benzene rings is 1. The molecule has 0 aliphatic heterocycles. The molecule has 1 atom stereocenters. The first-order chi connectivity index (χ1) is 7.90. The van der Waals surface area contributed by atoms with Crippen molar-refractivity contribution in [2.45, 2.75) is 13.0 Å². The summed E-state index contributed by atoms with van der Waals surface area (Å²) >= 11 is 9.06. The van der Waals surface area contributed by atoms with Crippen molar-refractivity contribution in [2.24, 2.45) is 0 Å². The van der Waals surface area contributed by atoms with E-state index in [-0.39, 0.29) is 0 Å². The quantitative estimate of drug-likeness (QED) is 0.801. The van der Waals surface area contributed by atoms with Crippen molar-refractivity contribution < 1.29 is 14.7 Å². The van der Waals surface area contributed by atoms with Gasteiger partial charge in [0, 0.05) is 10.2 Å². The third kappa shape index (κ3) is 4.24. The van der Waals surface area contributed by atoms with Crippen molar-refractivity contribution in [3.8, 4) is 0 Å². The second-order valence-corrected chi connectivity index (χ2v) is 4.55. The first-order valence-corrected chi connectivity index (χ1v) is 5.82. The maximum absolute atomic E-state index is 11.4. The largest absolute Gasteiger partial charge is 0.480 e. The second-order valence-electron chi connectivity index (χ2n) is 3.29. The average Bonchev–Trinajstić information content (AvgIpc) is 2.23. The van der Waals surface area contributed by atoms with E-state index in [0.717, 1.165) is 0 Å². The van der Waals surface area contributed by atoms with Crippen molar-refractivity contribution >= 4 is 45.2 Å². The summed E-state index contributed by atoms with van der Waals surface area (Å²) in [6.07, 6.45) is 0. The Morgan fingerprint density at radius 3 is 2.65 bits per heavy atom. The molecule has 1 rings (SSSR count). The maximum atomic E-state index is 11.4. The number of hydrogen-bond acceptors (Lipinski definition) is 2. The first kappa shape index (κ1) is 13.8. The van der Waals surface area contributed by atoms with Gasteiger partial charge in [0.25, 0.3) is 0 Å². The van der Waals surface area contributed by atoms with Crippen LogP contribution in [0.5, 0.6) is 0 Å². The maximum Gasteiger partial charge on any atom is 0.325 e. The molecular weight excluding hydrogens is 311 g/mol. The van der Waals surface area contributed by atoms with Crippen molar-refractivity contribution in [3.05, 3.63) is 27.7 Å². The van der Waals surface area contributed by atoms with Crippen LogP contribution in [0, 0.1) is 0 Å². The van der Waals surface area contributed by atoms with Crippen molar-refractivity contribution in [1.82, 2.24) is 5.32 Å². The molecule has 3 N–H and O–H groups in total. The number of aliphatic carboxylic acids is 1. The van der Waals surface area contributed by atoms with Gasteiger partial charge in [0.05, 0.1) is 5.02 Å². The normalized spacial score (nSPS) is 11.7. The van der Waals surface area contributed by atoms with Crippen LogP contribution in [0.4, 0.5) is 10.5 Å². The lowest BCUT2D eigenvalue weighted by Crippen LogP contribution is -2.40. The Bertz CT molecular complexity index is 453. The third-order valence-electron chi connectivity index (χ3n) is 1.90. The van der Waals surface area contributed by atoms with Crippen LogP contribution in [0.3, 0.4) is 0 Å². The first-order valence-electron chi connectivity index (χ1n) is 4.65. The number of rotatable bonds is 3. The van der Waals surface area contributed by atoms with Crippen LogP contribution >= 0.6 is 27.5 Å². The summed E-state index contributed by atoms with van der Waals surface area (Å²) in [4.78, 5) is 21.9. The summed E-state index contributed by atoms with van der Waals surface area (Å²) < 4.78 is 0.712. The molecule has 0 saturated carbocycles. The highest BCUT2D eigenvalue weighted by Gasteiger charge is 2.13. The Morgan fingerprint density at radius 2 is 2.12 bits per heavy atom. The van der Waals surface area contributed by atoms with Gasteiger partial charge < -0.3 is 15.7 Å². The summed E-state index contributed by atoms with van der Waals surface area (Å²) in [5.41, 5.74) is 0.480. The number of amides is 2. The molecule has 1 aromatic carbocycles. The molecule has 0 spiro atoms. The number of carbonyl (C=O) groups excluding carboxylic acids is 1. The van der Waals surface area contributed by atoms with Gasteiger partial charge in [-0.3, -0.25) is 4.79 Å². The topological polar surface area (TPSA) is 78.4 Å². The smallest absolute Gasteiger partial charge is 0.325 e. The predicted molar refractivity (Wildman–Crippen MR) is 68.4 cm³/mol. The zero-order chi connectivity index (χ0) is 13.0. The lowest BCUT2D eigenvalue weighted by Gasteiger charge is -2.11. The average molecular weight is 322 g/mol. The standard InChI is InChI=1S/C10H10BrClN2O3/c1-5(9(15)16)13-10(17)14-6-2-3-7(11)8(12)4-6/h2-5H,1H3,(H,15,16)(H2,13,14,17)/t5-/m0/s1. The molecule has 0 aliphatic rings. The Hall–Kier alpha value is -1.27. The Balaban J connectivity index is 2.62. The summed E-state index contributed by atoms with van der Waals surface area (Å²) in [7, 11) is 0. The van der Waals surface area contributed by atoms with Gasteiger partial charge in [-0.15, -0.1) is 0 Å². The van der Waals surface area contributed by atoms with Crippen LogP contribution in [0.25, 0.3) is 0 Å². The van der Waals surface area contributed by atoms with E-state index in [1.807, 2.05) is 0 Å². The van der Waals surface area contributed by atoms with Crippen LogP contribution < -0.4 is 10.6 Å². The van der Waals surface area contributed by atoms with Crippen LogP contribution in [0.15, 0.2) is 22.7 Å². The number of carboxylic acids is 1. The van der Waals surface area contributed by atoms with E-state index in [4.69, 9.17) is 16.7 Å². The van der Waals surface area contributed by atoms with Crippen molar-refractivity contribution in [2.75, 3.05) is 5.32 Å². The molecule has 0 aliphatic carbocycles. The fraction of sp³-hybridized carbons (Fsp3) is 0.200. The highest BCUT2D eigenvalue weighted by Crippen LogP contribution is 2.25. The summed E-state index contributed by atoms with van der Waals surface area (Å²) in [5.74, 6) is -1.10. The van der Waals surface area contributed by atoms with Crippen LogP contribution in [-0.2, 0) is 4.79 Å².